The zero-order chi connectivity index (χ0) is 44.7. The summed E-state index contributed by atoms with van der Waals surface area (Å²) in [5.41, 5.74) is 18.1. The van der Waals surface area contributed by atoms with Crippen molar-refractivity contribution < 1.29 is 0 Å². The largest absolute Gasteiger partial charge is 0.356 e. The molecule has 318 valence electrons. The topological polar surface area (TPSA) is 18.5 Å². The molecule has 0 unspecified atom stereocenters. The van der Waals surface area contributed by atoms with Crippen molar-refractivity contribution in [3.05, 3.63) is 278 Å². The standard InChI is InChI=1S/C62H51N4/c1-47-17-15-23-57(45-47)64(53-19-7-3-8-20-53)55-37-35-52(36-38-55)63-51-33-29-49(30-34-51)50-31-41-61(42-32-50)66(59-25-11-5-12-26-59,60-27-13-6-14-28-60)62-43-39-56(40-44-62)65(54-21-9-4-10-22-54)58-24-16-18-48(2)46-58/h3-46,63H,1-2H3/q+1. The van der Waals surface area contributed by atoms with Crippen LogP contribution in [0.5, 0.6) is 0 Å². The Kier molecular flexibility index (Phi) is 11.8. The smallest absolute Gasteiger partial charge is 0.148 e. The molecule has 0 aliphatic carbocycles. The first kappa shape index (κ1) is 41.6. The maximum Gasteiger partial charge on any atom is 0.148 e. The molecule has 0 radical (unpaired) electrons. The lowest BCUT2D eigenvalue weighted by molar-refractivity contribution is 0.704. The highest BCUT2D eigenvalue weighted by molar-refractivity contribution is 5.85. The van der Waals surface area contributed by atoms with Gasteiger partial charge in [-0.3, -0.25) is 0 Å². The molecular weight excluding hydrogens is 801 g/mol. The molecule has 0 aromatic heterocycles. The average Bonchev–Trinajstić information content (AvgIpc) is 3.37. The van der Waals surface area contributed by atoms with E-state index in [2.05, 4.69) is 296 Å². The Bertz CT molecular complexity index is 3100. The van der Waals surface area contributed by atoms with Crippen molar-refractivity contribution in [2.45, 2.75) is 13.8 Å². The Balaban J connectivity index is 0.953. The first-order valence-electron chi connectivity index (χ1n) is 22.6. The number of nitrogens with zero attached hydrogens (tertiary/aromatic N) is 3. The number of rotatable bonds is 13. The first-order valence-corrected chi connectivity index (χ1v) is 22.6. The molecule has 0 atom stereocenters. The molecule has 0 bridgehead atoms. The second-order valence-electron chi connectivity index (χ2n) is 16.7. The molecule has 66 heavy (non-hydrogen) atoms. The van der Waals surface area contributed by atoms with Crippen molar-refractivity contribution in [2.75, 3.05) is 15.1 Å². The molecule has 0 aliphatic rings. The lowest BCUT2D eigenvalue weighted by Gasteiger charge is -2.37. The Morgan fingerprint density at radius 3 is 0.985 bits per heavy atom. The summed E-state index contributed by atoms with van der Waals surface area (Å²) in [6.45, 7) is 4.28. The molecule has 0 heterocycles. The number of para-hydroxylation sites is 4. The van der Waals surface area contributed by atoms with Gasteiger partial charge in [0, 0.05) is 94.0 Å². The summed E-state index contributed by atoms with van der Waals surface area (Å²) in [5.74, 6) is 0. The number of aryl methyl sites for hydroxylation is 2. The average molecular weight is 852 g/mol. The third-order valence-corrected chi connectivity index (χ3v) is 12.2. The maximum absolute atomic E-state index is 3.63. The van der Waals surface area contributed by atoms with Gasteiger partial charge in [0.1, 0.15) is 22.7 Å². The summed E-state index contributed by atoms with van der Waals surface area (Å²) in [5, 5.41) is 3.63. The number of hydrogen-bond donors (Lipinski definition) is 1. The van der Waals surface area contributed by atoms with Gasteiger partial charge in [0.25, 0.3) is 0 Å². The number of quaternary nitrogens is 1. The number of hydrogen-bond acceptors (Lipinski definition) is 3. The van der Waals surface area contributed by atoms with E-state index < -0.39 is 0 Å². The van der Waals surface area contributed by atoms with Crippen LogP contribution < -0.4 is 19.6 Å². The van der Waals surface area contributed by atoms with Crippen LogP contribution in [-0.4, -0.2) is 0 Å². The highest BCUT2D eigenvalue weighted by Crippen LogP contribution is 2.52. The summed E-state index contributed by atoms with van der Waals surface area (Å²) in [6, 6.07) is 95.7. The van der Waals surface area contributed by atoms with E-state index in [-0.39, 0.29) is 0 Å². The number of benzene rings is 10. The van der Waals surface area contributed by atoms with Crippen molar-refractivity contribution in [3.63, 3.8) is 0 Å². The minimum Gasteiger partial charge on any atom is -0.356 e. The first-order chi connectivity index (χ1) is 32.5. The van der Waals surface area contributed by atoms with Crippen LogP contribution in [-0.2, 0) is 0 Å². The summed E-state index contributed by atoms with van der Waals surface area (Å²) in [7, 11) is 0. The van der Waals surface area contributed by atoms with E-state index in [4.69, 9.17) is 0 Å². The van der Waals surface area contributed by atoms with Crippen LogP contribution in [0.25, 0.3) is 11.1 Å². The molecule has 4 nitrogen and oxygen atoms in total. The fourth-order valence-electron chi connectivity index (χ4n) is 9.09. The molecule has 0 saturated heterocycles. The molecule has 0 aliphatic heterocycles. The van der Waals surface area contributed by atoms with Crippen molar-refractivity contribution in [1.29, 1.82) is 0 Å². The van der Waals surface area contributed by atoms with Gasteiger partial charge in [0.05, 0.1) is 0 Å². The van der Waals surface area contributed by atoms with E-state index in [0.717, 1.165) is 79.4 Å². The predicted octanol–water partition coefficient (Wildman–Crippen LogP) is 18.0. The number of anilines is 8. The maximum atomic E-state index is 3.63. The Hall–Kier alpha value is -8.44. The summed E-state index contributed by atoms with van der Waals surface area (Å²) >= 11 is 0. The third kappa shape index (κ3) is 8.49. The van der Waals surface area contributed by atoms with Crippen LogP contribution in [0, 0.1) is 13.8 Å². The van der Waals surface area contributed by atoms with Crippen LogP contribution in [0.15, 0.2) is 267 Å². The molecular formula is C62H51N4+. The molecule has 10 aromatic carbocycles. The SMILES string of the molecule is Cc1cccc(N(c2ccccc2)c2ccc(Nc3ccc(-c4ccc([N+](c5ccccc5)(c5ccccc5)c5ccc(N(c6ccccc6)c6cccc(C)c6)cc5)cc4)cc3)cc2)c1. The zero-order valence-corrected chi connectivity index (χ0v) is 37.2. The Morgan fingerprint density at radius 2 is 0.576 bits per heavy atom. The fraction of sp³-hybridized carbons (Fsp3) is 0.0323. The minimum atomic E-state index is 0.410. The van der Waals surface area contributed by atoms with Crippen molar-refractivity contribution in [1.82, 2.24) is 4.48 Å². The van der Waals surface area contributed by atoms with Gasteiger partial charge in [-0.2, -0.15) is 4.48 Å². The molecule has 4 heteroatoms. The lowest BCUT2D eigenvalue weighted by Crippen LogP contribution is -2.33. The predicted molar refractivity (Wildman–Crippen MR) is 281 cm³/mol. The third-order valence-electron chi connectivity index (χ3n) is 12.2. The summed E-state index contributed by atoms with van der Waals surface area (Å²) in [4.78, 5) is 4.62. The normalized spacial score (nSPS) is 11.2. The van der Waals surface area contributed by atoms with Gasteiger partial charge in [0.2, 0.25) is 0 Å². The van der Waals surface area contributed by atoms with Gasteiger partial charge in [-0.05, 0) is 145 Å². The van der Waals surface area contributed by atoms with Gasteiger partial charge in [-0.15, -0.1) is 0 Å². The van der Waals surface area contributed by atoms with E-state index in [1.165, 1.54) is 11.1 Å². The molecule has 0 saturated carbocycles. The van der Waals surface area contributed by atoms with E-state index in [1.807, 2.05) is 0 Å². The Morgan fingerprint density at radius 1 is 0.273 bits per heavy atom. The number of nitrogens with one attached hydrogen (secondary N) is 1. The molecule has 0 fully saturated rings. The summed E-state index contributed by atoms with van der Waals surface area (Å²) in [6.07, 6.45) is 0. The van der Waals surface area contributed by atoms with Crippen LogP contribution in [0.2, 0.25) is 0 Å². The van der Waals surface area contributed by atoms with E-state index in [1.54, 1.807) is 0 Å². The lowest BCUT2D eigenvalue weighted by atomic mass is 10.0. The van der Waals surface area contributed by atoms with Crippen LogP contribution in [0.4, 0.5) is 68.2 Å². The summed E-state index contributed by atoms with van der Waals surface area (Å²) < 4.78 is 0.410. The van der Waals surface area contributed by atoms with Crippen LogP contribution in [0.3, 0.4) is 0 Å². The van der Waals surface area contributed by atoms with Gasteiger partial charge in [-0.25, -0.2) is 0 Å². The van der Waals surface area contributed by atoms with Crippen molar-refractivity contribution >= 4 is 68.2 Å². The monoisotopic (exact) mass is 851 g/mol. The molecule has 1 N–H and O–H groups in total. The molecule has 0 spiro atoms. The highest BCUT2D eigenvalue weighted by atomic mass is 15.4. The highest BCUT2D eigenvalue weighted by Gasteiger charge is 2.39. The zero-order valence-electron chi connectivity index (χ0n) is 37.2. The Labute approximate surface area is 389 Å². The molecule has 0 amide bonds. The minimum absolute atomic E-state index is 0.410. The van der Waals surface area contributed by atoms with E-state index in [9.17, 15) is 0 Å². The molecule has 10 aromatic rings. The van der Waals surface area contributed by atoms with Gasteiger partial charge in [0.15, 0.2) is 0 Å². The van der Waals surface area contributed by atoms with E-state index >= 15 is 0 Å². The second kappa shape index (κ2) is 18.7. The van der Waals surface area contributed by atoms with Crippen LogP contribution in [0.1, 0.15) is 11.1 Å². The van der Waals surface area contributed by atoms with Crippen molar-refractivity contribution in [2.24, 2.45) is 0 Å². The fourth-order valence-corrected chi connectivity index (χ4v) is 9.09. The van der Waals surface area contributed by atoms with Gasteiger partial charge < -0.3 is 15.1 Å². The van der Waals surface area contributed by atoms with Gasteiger partial charge in [-0.1, -0.05) is 109 Å². The molecule has 10 rings (SSSR count). The van der Waals surface area contributed by atoms with Crippen LogP contribution >= 0.6 is 0 Å². The van der Waals surface area contributed by atoms with Gasteiger partial charge >= 0.3 is 0 Å². The second-order valence-corrected chi connectivity index (χ2v) is 16.7. The quantitative estimate of drug-likeness (QED) is 0.117. The van der Waals surface area contributed by atoms with Crippen molar-refractivity contribution in [3.8, 4) is 11.1 Å². The van der Waals surface area contributed by atoms with E-state index in [0.29, 0.717) is 4.48 Å².